The van der Waals surface area contributed by atoms with Crippen LogP contribution in [-0.2, 0) is 9.53 Å². The predicted molar refractivity (Wildman–Crippen MR) is 110 cm³/mol. The van der Waals surface area contributed by atoms with Crippen molar-refractivity contribution in [3.05, 3.63) is 95.6 Å². The summed E-state index contributed by atoms with van der Waals surface area (Å²) in [5.41, 5.74) is 5.22. The molecule has 5 heteroatoms. The van der Waals surface area contributed by atoms with Crippen LogP contribution in [0.25, 0.3) is 11.1 Å². The molecule has 1 aliphatic rings. The van der Waals surface area contributed by atoms with Crippen LogP contribution in [0.15, 0.2) is 78.9 Å². The second kappa shape index (κ2) is 8.19. The van der Waals surface area contributed by atoms with Crippen molar-refractivity contribution in [1.82, 2.24) is 5.32 Å². The largest absolute Gasteiger partial charge is 0.481 e. The molecule has 2 N–H and O–H groups in total. The lowest BCUT2D eigenvalue weighted by Gasteiger charge is -2.16. The summed E-state index contributed by atoms with van der Waals surface area (Å²) in [6, 6.07) is 25.1. The Balaban J connectivity index is 1.41. The Bertz CT molecular complexity index is 986. The molecule has 3 aromatic carbocycles. The molecule has 0 radical (unpaired) electrons. The van der Waals surface area contributed by atoms with Crippen molar-refractivity contribution in [3.63, 3.8) is 0 Å². The van der Waals surface area contributed by atoms with Crippen LogP contribution in [0.2, 0.25) is 0 Å². The van der Waals surface area contributed by atoms with E-state index in [0.29, 0.717) is 5.56 Å². The van der Waals surface area contributed by atoms with Crippen molar-refractivity contribution in [3.8, 4) is 11.1 Å². The van der Waals surface area contributed by atoms with Gasteiger partial charge in [-0.3, -0.25) is 4.79 Å². The molecule has 0 spiro atoms. The Morgan fingerprint density at radius 1 is 0.862 bits per heavy atom. The van der Waals surface area contributed by atoms with Gasteiger partial charge in [-0.2, -0.15) is 0 Å². The van der Waals surface area contributed by atoms with E-state index in [4.69, 9.17) is 4.74 Å². The van der Waals surface area contributed by atoms with Gasteiger partial charge in [-0.05, 0) is 27.8 Å². The smallest absolute Gasteiger partial charge is 0.407 e. The van der Waals surface area contributed by atoms with Gasteiger partial charge in [0, 0.05) is 12.5 Å². The van der Waals surface area contributed by atoms with Crippen LogP contribution in [-0.4, -0.2) is 30.3 Å². The number of nitrogens with one attached hydrogen (secondary N) is 1. The topological polar surface area (TPSA) is 75.6 Å². The summed E-state index contributed by atoms with van der Waals surface area (Å²) in [5.74, 6) is -1.84. The van der Waals surface area contributed by atoms with E-state index in [1.165, 1.54) is 0 Å². The van der Waals surface area contributed by atoms with E-state index in [2.05, 4.69) is 29.6 Å². The summed E-state index contributed by atoms with van der Waals surface area (Å²) in [6.07, 6.45) is -0.617. The van der Waals surface area contributed by atoms with Gasteiger partial charge in [0.1, 0.15) is 6.61 Å². The van der Waals surface area contributed by atoms with E-state index >= 15 is 0 Å². The molecule has 1 amide bonds. The third kappa shape index (κ3) is 3.85. The number of carbonyl (C=O) groups excluding carboxylic acids is 1. The second-order valence-electron chi connectivity index (χ2n) is 7.01. The van der Waals surface area contributed by atoms with Gasteiger partial charge in [0.05, 0.1) is 5.92 Å². The lowest BCUT2D eigenvalue weighted by Crippen LogP contribution is -2.32. The summed E-state index contributed by atoms with van der Waals surface area (Å²) in [5, 5.41) is 12.1. The lowest BCUT2D eigenvalue weighted by molar-refractivity contribution is -0.138. The Kier molecular flexibility index (Phi) is 5.29. The zero-order valence-electron chi connectivity index (χ0n) is 15.7. The maximum absolute atomic E-state index is 12.3. The summed E-state index contributed by atoms with van der Waals surface area (Å²) >= 11 is 0. The van der Waals surface area contributed by atoms with Crippen LogP contribution in [0.4, 0.5) is 4.79 Å². The number of carboxylic acid groups (broad SMARTS) is 1. The Morgan fingerprint density at radius 2 is 1.41 bits per heavy atom. The van der Waals surface area contributed by atoms with Crippen LogP contribution in [0.3, 0.4) is 0 Å². The van der Waals surface area contributed by atoms with Crippen LogP contribution in [0.5, 0.6) is 0 Å². The minimum absolute atomic E-state index is 0.0301. The molecule has 1 atom stereocenters. The Morgan fingerprint density at radius 3 is 2.00 bits per heavy atom. The first-order valence-corrected chi connectivity index (χ1v) is 9.51. The van der Waals surface area contributed by atoms with Gasteiger partial charge in [0.2, 0.25) is 0 Å². The first-order chi connectivity index (χ1) is 14.1. The number of aliphatic carboxylic acids is 1. The molecule has 0 aliphatic heterocycles. The van der Waals surface area contributed by atoms with Gasteiger partial charge < -0.3 is 15.2 Å². The minimum atomic E-state index is -0.991. The monoisotopic (exact) mass is 387 g/mol. The van der Waals surface area contributed by atoms with Crippen molar-refractivity contribution < 1.29 is 19.4 Å². The number of fused-ring (bicyclic) bond motifs is 3. The van der Waals surface area contributed by atoms with Crippen LogP contribution < -0.4 is 5.32 Å². The van der Waals surface area contributed by atoms with Gasteiger partial charge >= 0.3 is 12.1 Å². The van der Waals surface area contributed by atoms with E-state index < -0.39 is 18.0 Å². The first kappa shape index (κ1) is 18.7. The van der Waals surface area contributed by atoms with Gasteiger partial charge in [0.25, 0.3) is 0 Å². The molecular weight excluding hydrogens is 366 g/mol. The number of alkyl carbamates (subject to hydrolysis) is 1. The van der Waals surface area contributed by atoms with E-state index in [1.54, 1.807) is 24.3 Å². The molecule has 29 heavy (non-hydrogen) atoms. The van der Waals surface area contributed by atoms with Gasteiger partial charge in [-0.15, -0.1) is 0 Å². The van der Waals surface area contributed by atoms with E-state index in [9.17, 15) is 14.7 Å². The molecule has 3 aromatic rings. The highest BCUT2D eigenvalue weighted by Gasteiger charge is 2.29. The highest BCUT2D eigenvalue weighted by Crippen LogP contribution is 2.44. The molecule has 0 heterocycles. The molecule has 0 saturated heterocycles. The molecule has 0 fully saturated rings. The molecule has 146 valence electrons. The number of benzene rings is 3. The van der Waals surface area contributed by atoms with Crippen molar-refractivity contribution >= 4 is 12.1 Å². The number of hydrogen-bond donors (Lipinski definition) is 2. The molecule has 0 bridgehead atoms. The predicted octanol–water partition coefficient (Wildman–Crippen LogP) is 4.39. The lowest BCUT2D eigenvalue weighted by atomic mass is 9.98. The minimum Gasteiger partial charge on any atom is -0.481 e. The van der Waals surface area contributed by atoms with Crippen LogP contribution in [0, 0.1) is 0 Å². The zero-order valence-corrected chi connectivity index (χ0v) is 15.7. The molecule has 5 nitrogen and oxygen atoms in total. The fourth-order valence-corrected chi connectivity index (χ4v) is 3.87. The van der Waals surface area contributed by atoms with Gasteiger partial charge in [-0.25, -0.2) is 4.79 Å². The third-order valence-corrected chi connectivity index (χ3v) is 5.29. The molecule has 4 rings (SSSR count). The van der Waals surface area contributed by atoms with Crippen molar-refractivity contribution in [2.75, 3.05) is 13.2 Å². The maximum atomic E-state index is 12.3. The molecule has 0 aromatic heterocycles. The summed E-state index contributed by atoms with van der Waals surface area (Å²) < 4.78 is 5.46. The molecule has 0 unspecified atom stereocenters. The van der Waals surface area contributed by atoms with Gasteiger partial charge in [0.15, 0.2) is 0 Å². The van der Waals surface area contributed by atoms with E-state index in [-0.39, 0.29) is 19.1 Å². The molecule has 1 aliphatic carbocycles. The quantitative estimate of drug-likeness (QED) is 0.658. The normalized spacial score (nSPS) is 13.2. The van der Waals surface area contributed by atoms with Crippen molar-refractivity contribution in [2.45, 2.75) is 11.8 Å². The average molecular weight is 387 g/mol. The summed E-state index contributed by atoms with van der Waals surface area (Å²) in [6.45, 7) is 0.166. The molecule has 0 saturated carbocycles. The van der Waals surface area contributed by atoms with E-state index in [0.717, 1.165) is 22.3 Å². The highest BCUT2D eigenvalue weighted by molar-refractivity contribution is 5.79. The van der Waals surface area contributed by atoms with Gasteiger partial charge in [-0.1, -0.05) is 78.9 Å². The molecular formula is C24H21NO4. The number of carbonyl (C=O) groups is 2. The fourth-order valence-electron chi connectivity index (χ4n) is 3.87. The number of amides is 1. The SMILES string of the molecule is O=C(NC[C@@H](C(=O)O)c1ccccc1)OCC1c2ccccc2-c2ccccc21. The van der Waals surface area contributed by atoms with Crippen LogP contribution >= 0.6 is 0 Å². The van der Waals surface area contributed by atoms with Crippen LogP contribution in [0.1, 0.15) is 28.5 Å². The number of hydrogen-bond acceptors (Lipinski definition) is 3. The number of carboxylic acids is 1. The number of rotatable bonds is 6. The summed E-state index contributed by atoms with van der Waals surface area (Å²) in [7, 11) is 0. The third-order valence-electron chi connectivity index (χ3n) is 5.29. The highest BCUT2D eigenvalue weighted by atomic mass is 16.5. The standard InChI is InChI=1S/C24H21NO4/c26-23(27)21(16-8-2-1-3-9-16)14-25-24(28)29-15-22-19-12-6-4-10-17(19)18-11-5-7-13-20(18)22/h1-13,21-22H,14-15H2,(H,25,28)(H,26,27)/t21-/m1/s1. The first-order valence-electron chi connectivity index (χ1n) is 9.51. The number of ether oxygens (including phenoxy) is 1. The Hall–Kier alpha value is -3.60. The fraction of sp³-hybridized carbons (Fsp3) is 0.167. The maximum Gasteiger partial charge on any atom is 0.407 e. The van der Waals surface area contributed by atoms with Crippen molar-refractivity contribution in [2.24, 2.45) is 0 Å². The Labute approximate surface area is 169 Å². The van der Waals surface area contributed by atoms with Crippen molar-refractivity contribution in [1.29, 1.82) is 0 Å². The van der Waals surface area contributed by atoms with E-state index in [1.807, 2.05) is 30.3 Å². The second-order valence-corrected chi connectivity index (χ2v) is 7.01. The zero-order chi connectivity index (χ0) is 20.2. The average Bonchev–Trinajstić information content (AvgIpc) is 3.07. The summed E-state index contributed by atoms with van der Waals surface area (Å²) in [4.78, 5) is 23.8.